The smallest absolute Gasteiger partial charge is 0.236 e. The number of amides is 2. The Labute approximate surface area is 179 Å². The third-order valence-electron chi connectivity index (χ3n) is 5.87. The Kier molecular flexibility index (Phi) is 8.04. The van der Waals surface area contributed by atoms with E-state index in [-0.39, 0.29) is 23.7 Å². The number of rotatable bonds is 8. The molecule has 8 heteroatoms. The summed E-state index contributed by atoms with van der Waals surface area (Å²) >= 11 is 0. The molecule has 2 aliphatic rings. The molecule has 30 heavy (non-hydrogen) atoms. The van der Waals surface area contributed by atoms with Gasteiger partial charge in [0.05, 0.1) is 0 Å². The summed E-state index contributed by atoms with van der Waals surface area (Å²) < 4.78 is 26.5. The van der Waals surface area contributed by atoms with Gasteiger partial charge < -0.3 is 10.6 Å². The van der Waals surface area contributed by atoms with Crippen LogP contribution in [0.1, 0.15) is 44.1 Å². The first-order chi connectivity index (χ1) is 14.5. The summed E-state index contributed by atoms with van der Waals surface area (Å²) in [6, 6.07) is 9.29. The number of carbonyl (C=O) groups excluding carboxylic acids is 2. The van der Waals surface area contributed by atoms with Gasteiger partial charge in [-0.15, -0.1) is 0 Å². The number of benzene rings is 1. The second-order valence-electron chi connectivity index (χ2n) is 8.00. The molecule has 1 aliphatic heterocycles. The zero-order valence-electron chi connectivity index (χ0n) is 17.3. The zero-order valence-corrected chi connectivity index (χ0v) is 18.1. The summed E-state index contributed by atoms with van der Waals surface area (Å²) in [5.74, 6) is -0.0474. The summed E-state index contributed by atoms with van der Waals surface area (Å²) in [5.41, 5.74) is 0.829. The van der Waals surface area contributed by atoms with Gasteiger partial charge in [-0.05, 0) is 37.3 Å². The van der Waals surface area contributed by atoms with Gasteiger partial charge in [0.1, 0.15) is 0 Å². The molecule has 7 nitrogen and oxygen atoms in total. The van der Waals surface area contributed by atoms with E-state index in [0.717, 1.165) is 31.2 Å². The van der Waals surface area contributed by atoms with Gasteiger partial charge in [0.2, 0.25) is 21.8 Å². The zero-order chi connectivity index (χ0) is 21.4. The van der Waals surface area contributed by atoms with Crippen molar-refractivity contribution in [2.75, 3.05) is 26.2 Å². The van der Waals surface area contributed by atoms with Gasteiger partial charge in [-0.3, -0.25) is 9.59 Å². The van der Waals surface area contributed by atoms with E-state index in [1.807, 2.05) is 30.3 Å². The van der Waals surface area contributed by atoms with Crippen molar-refractivity contribution >= 4 is 27.9 Å². The quantitative estimate of drug-likeness (QED) is 0.614. The monoisotopic (exact) mass is 433 g/mol. The van der Waals surface area contributed by atoms with E-state index in [0.29, 0.717) is 39.0 Å². The summed E-state index contributed by atoms with van der Waals surface area (Å²) in [5, 5.41) is 6.98. The lowest BCUT2D eigenvalue weighted by atomic mass is 9.97. The molecular weight excluding hydrogens is 402 g/mol. The van der Waals surface area contributed by atoms with Crippen LogP contribution in [0, 0.1) is 11.8 Å². The Morgan fingerprint density at radius 1 is 0.900 bits per heavy atom. The fourth-order valence-electron chi connectivity index (χ4n) is 4.04. The second-order valence-corrected chi connectivity index (χ2v) is 9.81. The second kappa shape index (κ2) is 10.7. The third-order valence-corrected chi connectivity index (χ3v) is 7.43. The van der Waals surface area contributed by atoms with Gasteiger partial charge in [-0.25, -0.2) is 8.42 Å². The van der Waals surface area contributed by atoms with Crippen LogP contribution in [0.25, 0.3) is 6.08 Å². The van der Waals surface area contributed by atoms with Crippen molar-refractivity contribution in [2.24, 2.45) is 11.8 Å². The molecule has 1 aromatic carbocycles. The molecule has 2 amide bonds. The van der Waals surface area contributed by atoms with Gasteiger partial charge in [0.15, 0.2) is 0 Å². The molecule has 1 aliphatic carbocycles. The molecule has 1 saturated carbocycles. The number of carbonyl (C=O) groups is 2. The molecule has 0 bridgehead atoms. The molecule has 2 N–H and O–H groups in total. The van der Waals surface area contributed by atoms with Crippen LogP contribution in [-0.4, -0.2) is 50.7 Å². The first-order valence-corrected chi connectivity index (χ1v) is 12.2. The van der Waals surface area contributed by atoms with Gasteiger partial charge in [0.25, 0.3) is 0 Å². The van der Waals surface area contributed by atoms with Crippen LogP contribution in [0.3, 0.4) is 0 Å². The average molecular weight is 434 g/mol. The first kappa shape index (κ1) is 22.5. The van der Waals surface area contributed by atoms with E-state index in [2.05, 4.69) is 10.6 Å². The molecule has 3 rings (SSSR count). The van der Waals surface area contributed by atoms with Crippen LogP contribution < -0.4 is 10.6 Å². The molecule has 1 heterocycles. The highest BCUT2D eigenvalue weighted by Crippen LogP contribution is 2.24. The Hall–Kier alpha value is -2.19. The fraction of sp³-hybridized carbons (Fsp3) is 0.545. The molecular formula is C22H31N3O4S. The van der Waals surface area contributed by atoms with Gasteiger partial charge in [0, 0.05) is 43.4 Å². The number of hydrogen-bond acceptors (Lipinski definition) is 4. The highest BCUT2D eigenvalue weighted by molar-refractivity contribution is 7.92. The molecule has 1 aromatic rings. The molecule has 1 saturated heterocycles. The largest absolute Gasteiger partial charge is 0.354 e. The highest BCUT2D eigenvalue weighted by Gasteiger charge is 2.29. The van der Waals surface area contributed by atoms with Crippen molar-refractivity contribution in [3.05, 3.63) is 41.3 Å². The van der Waals surface area contributed by atoms with Crippen molar-refractivity contribution in [2.45, 2.75) is 38.5 Å². The lowest BCUT2D eigenvalue weighted by molar-refractivity contribution is -0.127. The molecule has 0 atom stereocenters. The fourth-order valence-corrected chi connectivity index (χ4v) is 5.26. The summed E-state index contributed by atoms with van der Waals surface area (Å²) in [6.45, 7) is 1.49. The minimum absolute atomic E-state index is 0.0676. The van der Waals surface area contributed by atoms with Crippen molar-refractivity contribution in [3.63, 3.8) is 0 Å². The van der Waals surface area contributed by atoms with Crippen LogP contribution in [0.5, 0.6) is 0 Å². The Balaban J connectivity index is 1.37. The number of nitrogens with one attached hydrogen (secondary N) is 2. The van der Waals surface area contributed by atoms with E-state index < -0.39 is 10.0 Å². The molecule has 0 radical (unpaired) electrons. The SMILES string of the molecule is O=C(NCCNC(=O)C1CCN(S(=O)(=O)/C=C/c2ccccc2)CC1)C1CCCC1. The first-order valence-electron chi connectivity index (χ1n) is 10.7. The van der Waals surface area contributed by atoms with Crippen molar-refractivity contribution < 1.29 is 18.0 Å². The van der Waals surface area contributed by atoms with Crippen LogP contribution in [0.4, 0.5) is 0 Å². The Morgan fingerprint density at radius 3 is 2.00 bits per heavy atom. The number of nitrogens with zero attached hydrogens (tertiary/aromatic N) is 1. The maximum Gasteiger partial charge on any atom is 0.236 e. The summed E-state index contributed by atoms with van der Waals surface area (Å²) in [6.07, 6.45) is 6.74. The maximum absolute atomic E-state index is 12.5. The lowest BCUT2D eigenvalue weighted by Gasteiger charge is -2.29. The lowest BCUT2D eigenvalue weighted by Crippen LogP contribution is -2.44. The predicted molar refractivity (Wildman–Crippen MR) is 117 cm³/mol. The van der Waals surface area contributed by atoms with Crippen LogP contribution >= 0.6 is 0 Å². The van der Waals surface area contributed by atoms with E-state index in [9.17, 15) is 18.0 Å². The minimum Gasteiger partial charge on any atom is -0.354 e. The molecule has 0 spiro atoms. The van der Waals surface area contributed by atoms with E-state index in [4.69, 9.17) is 0 Å². The van der Waals surface area contributed by atoms with Gasteiger partial charge in [-0.1, -0.05) is 43.2 Å². The molecule has 0 unspecified atom stereocenters. The molecule has 2 fully saturated rings. The Bertz CT molecular complexity index is 840. The predicted octanol–water partition coefficient (Wildman–Crippen LogP) is 2.12. The number of piperidine rings is 1. The van der Waals surface area contributed by atoms with Crippen LogP contribution in [0.2, 0.25) is 0 Å². The van der Waals surface area contributed by atoms with Gasteiger partial charge in [-0.2, -0.15) is 4.31 Å². The highest BCUT2D eigenvalue weighted by atomic mass is 32.2. The van der Waals surface area contributed by atoms with Gasteiger partial charge >= 0.3 is 0 Å². The number of sulfonamides is 1. The third kappa shape index (κ3) is 6.40. The van der Waals surface area contributed by atoms with Crippen LogP contribution in [-0.2, 0) is 19.6 Å². The summed E-state index contributed by atoms with van der Waals surface area (Å²) in [4.78, 5) is 24.3. The van der Waals surface area contributed by atoms with E-state index >= 15 is 0 Å². The van der Waals surface area contributed by atoms with Crippen molar-refractivity contribution in [3.8, 4) is 0 Å². The van der Waals surface area contributed by atoms with E-state index in [1.165, 1.54) is 9.71 Å². The minimum atomic E-state index is -3.50. The Morgan fingerprint density at radius 2 is 1.43 bits per heavy atom. The molecule has 0 aromatic heterocycles. The maximum atomic E-state index is 12.5. The van der Waals surface area contributed by atoms with E-state index in [1.54, 1.807) is 6.08 Å². The number of hydrogen-bond donors (Lipinski definition) is 2. The average Bonchev–Trinajstić information content (AvgIpc) is 3.31. The van der Waals surface area contributed by atoms with Crippen LogP contribution in [0.15, 0.2) is 35.7 Å². The molecule has 164 valence electrons. The van der Waals surface area contributed by atoms with Crippen molar-refractivity contribution in [1.82, 2.24) is 14.9 Å². The standard InChI is InChI=1S/C22H31N3O4S/c26-21(19-8-4-5-9-19)23-13-14-24-22(27)20-10-15-25(16-11-20)30(28,29)17-12-18-6-2-1-3-7-18/h1-3,6-7,12,17,19-20H,4-5,8-11,13-16H2,(H,23,26)(H,24,27)/b17-12+. The topological polar surface area (TPSA) is 95.6 Å². The van der Waals surface area contributed by atoms with Crippen molar-refractivity contribution in [1.29, 1.82) is 0 Å². The summed E-state index contributed by atoms with van der Waals surface area (Å²) in [7, 11) is -3.50. The normalized spacial score (nSPS) is 19.2.